The highest BCUT2D eigenvalue weighted by Crippen LogP contribution is 1.80. The van der Waals surface area contributed by atoms with E-state index in [0.717, 1.165) is 6.47 Å². The van der Waals surface area contributed by atoms with Crippen LogP contribution >= 0.6 is 15.9 Å². The molecule has 0 fully saturated rings. The van der Waals surface area contributed by atoms with Gasteiger partial charge in [-0.25, -0.2) is 4.79 Å². The fraction of sp³-hybridized carbons (Fsp3) is 0.333. The van der Waals surface area contributed by atoms with Gasteiger partial charge in [-0.05, 0) is 0 Å². The summed E-state index contributed by atoms with van der Waals surface area (Å²) in [7, 11) is 0. The van der Waals surface area contributed by atoms with E-state index in [1.807, 2.05) is 0 Å². The molecule has 0 aliphatic carbocycles. The van der Waals surface area contributed by atoms with Crippen molar-refractivity contribution in [1.29, 1.82) is 0 Å². The Labute approximate surface area is 48.8 Å². The largest absolute Gasteiger partial charge is 0.425 e. The SMILES string of the molecule is O=[C]OC(=O)CBr. The molecule has 0 bridgehead atoms. The topological polar surface area (TPSA) is 43.4 Å². The Morgan fingerprint density at radius 1 is 1.86 bits per heavy atom. The standard InChI is InChI=1S/C3H2BrO3/c4-1-3(6)7-2-5/h1H2. The average molecular weight is 166 g/mol. The van der Waals surface area contributed by atoms with E-state index in [9.17, 15) is 9.59 Å². The Morgan fingerprint density at radius 3 is 2.57 bits per heavy atom. The quantitative estimate of drug-likeness (QED) is 0.329. The van der Waals surface area contributed by atoms with E-state index in [1.165, 1.54) is 0 Å². The molecule has 1 radical (unpaired) electrons. The van der Waals surface area contributed by atoms with Gasteiger partial charge >= 0.3 is 12.4 Å². The molecule has 0 aliphatic rings. The Balaban J connectivity index is 3.17. The number of hydrogen-bond acceptors (Lipinski definition) is 3. The molecule has 0 saturated carbocycles. The molecule has 0 aromatic rings. The third kappa shape index (κ3) is 3.45. The fourth-order valence-electron chi connectivity index (χ4n) is 0.0738. The zero-order valence-electron chi connectivity index (χ0n) is 3.31. The van der Waals surface area contributed by atoms with Gasteiger partial charge in [-0.3, -0.25) is 4.79 Å². The average Bonchev–Trinajstić information content (AvgIpc) is 1.68. The van der Waals surface area contributed by atoms with Crippen molar-refractivity contribution in [3.05, 3.63) is 0 Å². The highest BCUT2D eigenvalue weighted by molar-refractivity contribution is 9.09. The molecule has 0 aliphatic heterocycles. The molecule has 0 rings (SSSR count). The molecule has 0 N–H and O–H groups in total. The van der Waals surface area contributed by atoms with Crippen molar-refractivity contribution < 1.29 is 14.3 Å². The molecule has 4 heteroatoms. The monoisotopic (exact) mass is 165 g/mol. The van der Waals surface area contributed by atoms with Crippen LogP contribution in [-0.4, -0.2) is 17.8 Å². The van der Waals surface area contributed by atoms with E-state index in [2.05, 4.69) is 20.7 Å². The number of carbonyl (C=O) groups excluding carboxylic acids is 2. The Morgan fingerprint density at radius 2 is 2.43 bits per heavy atom. The maximum Gasteiger partial charge on any atom is 0.425 e. The number of alkyl halides is 1. The van der Waals surface area contributed by atoms with Gasteiger partial charge in [0.1, 0.15) is 5.33 Å². The van der Waals surface area contributed by atoms with Gasteiger partial charge in [0.05, 0.1) is 0 Å². The highest BCUT2D eigenvalue weighted by atomic mass is 79.9. The fourth-order valence-corrected chi connectivity index (χ4v) is 0.188. The molecule has 0 heterocycles. The van der Waals surface area contributed by atoms with Crippen LogP contribution in [0.25, 0.3) is 0 Å². The van der Waals surface area contributed by atoms with Crippen molar-refractivity contribution in [3.63, 3.8) is 0 Å². The summed E-state index contributed by atoms with van der Waals surface area (Å²) in [5.74, 6) is -0.630. The number of halogens is 1. The molecule has 0 spiro atoms. The van der Waals surface area contributed by atoms with Crippen molar-refractivity contribution in [3.8, 4) is 0 Å². The molecular formula is C3H2BrO3. The lowest BCUT2D eigenvalue weighted by atomic mass is 10.8. The second kappa shape index (κ2) is 3.80. The maximum atomic E-state index is 9.88. The normalized spacial score (nSPS) is 7.57. The number of rotatable bonds is 2. The predicted octanol–water partition coefficient (Wildman–Crippen LogP) is -0.00830. The first-order valence-corrected chi connectivity index (χ1v) is 2.56. The van der Waals surface area contributed by atoms with Gasteiger partial charge in [0.25, 0.3) is 0 Å². The van der Waals surface area contributed by atoms with Gasteiger partial charge in [0, 0.05) is 0 Å². The zero-order valence-corrected chi connectivity index (χ0v) is 4.90. The van der Waals surface area contributed by atoms with Crippen LogP contribution in [0, 0.1) is 0 Å². The first-order valence-electron chi connectivity index (χ1n) is 1.44. The molecule has 3 nitrogen and oxygen atoms in total. The van der Waals surface area contributed by atoms with Crippen molar-refractivity contribution in [2.75, 3.05) is 5.33 Å². The first kappa shape index (κ1) is 6.62. The smallest absolute Gasteiger partial charge is 0.384 e. The van der Waals surface area contributed by atoms with Crippen molar-refractivity contribution >= 4 is 28.4 Å². The van der Waals surface area contributed by atoms with Gasteiger partial charge in [-0.1, -0.05) is 15.9 Å². The van der Waals surface area contributed by atoms with Crippen LogP contribution in [0.5, 0.6) is 0 Å². The van der Waals surface area contributed by atoms with Gasteiger partial charge in [0.15, 0.2) is 0 Å². The third-order valence-corrected chi connectivity index (χ3v) is 0.722. The number of esters is 1. The highest BCUT2D eigenvalue weighted by Gasteiger charge is 1.94. The lowest BCUT2D eigenvalue weighted by Crippen LogP contribution is -2.02. The Bertz CT molecular complexity index is 80.2. The van der Waals surface area contributed by atoms with Crippen LogP contribution in [0.15, 0.2) is 0 Å². The summed E-state index contributed by atoms with van der Waals surface area (Å²) in [6.07, 6.45) is 0. The molecule has 0 aromatic heterocycles. The van der Waals surface area contributed by atoms with E-state index in [1.54, 1.807) is 0 Å². The number of hydrogen-bond donors (Lipinski definition) is 0. The van der Waals surface area contributed by atoms with Gasteiger partial charge in [0.2, 0.25) is 0 Å². The van der Waals surface area contributed by atoms with E-state index < -0.39 is 5.97 Å². The Hall–Kier alpha value is -0.380. The first-order chi connectivity index (χ1) is 3.31. The number of carbonyl (C=O) groups is 1. The predicted molar refractivity (Wildman–Crippen MR) is 25.6 cm³/mol. The summed E-state index contributed by atoms with van der Waals surface area (Å²) in [4.78, 5) is 19.1. The van der Waals surface area contributed by atoms with Crippen LogP contribution < -0.4 is 0 Å². The second-order valence-electron chi connectivity index (χ2n) is 0.691. The van der Waals surface area contributed by atoms with Gasteiger partial charge < -0.3 is 4.74 Å². The van der Waals surface area contributed by atoms with Crippen molar-refractivity contribution in [2.24, 2.45) is 0 Å². The molecular weight excluding hydrogens is 164 g/mol. The van der Waals surface area contributed by atoms with E-state index in [4.69, 9.17) is 0 Å². The lowest BCUT2D eigenvalue weighted by Gasteiger charge is -1.82. The van der Waals surface area contributed by atoms with Crippen molar-refractivity contribution in [1.82, 2.24) is 0 Å². The summed E-state index contributed by atoms with van der Waals surface area (Å²) >= 11 is 2.76. The van der Waals surface area contributed by atoms with Crippen molar-refractivity contribution in [2.45, 2.75) is 0 Å². The Kier molecular flexibility index (Phi) is 3.59. The minimum Gasteiger partial charge on any atom is -0.384 e. The molecule has 0 unspecified atom stereocenters. The van der Waals surface area contributed by atoms with E-state index in [0.29, 0.717) is 0 Å². The molecule has 0 amide bonds. The molecule has 0 atom stereocenters. The van der Waals surface area contributed by atoms with Crippen LogP contribution in [0.2, 0.25) is 0 Å². The molecule has 0 aromatic carbocycles. The maximum absolute atomic E-state index is 9.88. The van der Waals surface area contributed by atoms with E-state index in [-0.39, 0.29) is 5.33 Å². The second-order valence-corrected chi connectivity index (χ2v) is 1.25. The molecule has 39 valence electrons. The lowest BCUT2D eigenvalue weighted by molar-refractivity contribution is -0.132. The minimum atomic E-state index is -0.630. The van der Waals surface area contributed by atoms with Crippen LogP contribution in [0.1, 0.15) is 0 Å². The summed E-state index contributed by atoms with van der Waals surface area (Å²) in [6, 6.07) is 0. The van der Waals surface area contributed by atoms with Crippen LogP contribution in [0.4, 0.5) is 0 Å². The molecule has 7 heavy (non-hydrogen) atoms. The summed E-state index contributed by atoms with van der Waals surface area (Å²) in [6.45, 7) is 0.989. The van der Waals surface area contributed by atoms with E-state index >= 15 is 0 Å². The summed E-state index contributed by atoms with van der Waals surface area (Å²) in [5, 5.41) is 0.0300. The van der Waals surface area contributed by atoms with Gasteiger partial charge in [-0.2, -0.15) is 0 Å². The van der Waals surface area contributed by atoms with Gasteiger partial charge in [-0.15, -0.1) is 0 Å². The third-order valence-electron chi connectivity index (χ3n) is 0.265. The number of ether oxygens (including phenoxy) is 1. The zero-order chi connectivity index (χ0) is 5.70. The molecule has 0 saturated heterocycles. The minimum absolute atomic E-state index is 0.0300. The van der Waals surface area contributed by atoms with Crippen LogP contribution in [-0.2, 0) is 14.3 Å². The van der Waals surface area contributed by atoms with Crippen LogP contribution in [0.3, 0.4) is 0 Å². The summed E-state index contributed by atoms with van der Waals surface area (Å²) in [5.41, 5.74) is 0. The summed E-state index contributed by atoms with van der Waals surface area (Å²) < 4.78 is 3.70.